The van der Waals surface area contributed by atoms with Crippen LogP contribution in [-0.4, -0.2) is 26.6 Å². The molecule has 0 aliphatic carbocycles. The second-order valence-electron chi connectivity index (χ2n) is 7.09. The lowest BCUT2D eigenvalue weighted by Crippen LogP contribution is -2.13. The van der Waals surface area contributed by atoms with Gasteiger partial charge in [-0.2, -0.15) is 0 Å². The molecule has 1 aliphatic rings. The molecule has 1 aliphatic heterocycles. The Morgan fingerprint density at radius 3 is 2.77 bits per heavy atom. The topological polar surface area (TPSA) is 92.2 Å². The molecule has 5 rings (SSSR count). The van der Waals surface area contributed by atoms with Crippen molar-refractivity contribution in [2.45, 2.75) is 6.92 Å². The molecule has 0 bridgehead atoms. The van der Waals surface area contributed by atoms with Crippen molar-refractivity contribution in [2.24, 2.45) is 4.99 Å². The third-order valence-corrected chi connectivity index (χ3v) is 4.97. The van der Waals surface area contributed by atoms with Crippen LogP contribution in [0.5, 0.6) is 0 Å². The quantitative estimate of drug-likeness (QED) is 0.514. The van der Waals surface area contributed by atoms with Gasteiger partial charge in [-0.05, 0) is 48.9 Å². The number of hydrogen-bond donors (Lipinski definition) is 2. The Labute approximate surface area is 179 Å². The van der Waals surface area contributed by atoms with Crippen LogP contribution in [0.15, 0.2) is 84.2 Å². The molecule has 0 saturated heterocycles. The first-order chi connectivity index (χ1) is 15.2. The highest BCUT2D eigenvalue weighted by atomic mass is 16.2. The fraction of sp³-hybridized carbons (Fsp3) is 0.0417. The number of nitrogens with zero attached hydrogens (tertiary/aromatic N) is 4. The molecule has 0 radical (unpaired) electrons. The average Bonchev–Trinajstić information content (AvgIpc) is 3.12. The van der Waals surface area contributed by atoms with Crippen LogP contribution in [0.4, 0.5) is 23.0 Å². The molecular formula is C24H18N6O. The van der Waals surface area contributed by atoms with Gasteiger partial charge in [-0.1, -0.05) is 24.3 Å². The third-order valence-electron chi connectivity index (χ3n) is 4.97. The predicted octanol–water partition coefficient (Wildman–Crippen LogP) is 4.66. The Hall–Kier alpha value is -4.39. The fourth-order valence-corrected chi connectivity index (χ4v) is 3.37. The maximum atomic E-state index is 12.4. The lowest BCUT2D eigenvalue weighted by atomic mass is 10.1. The average molecular weight is 406 g/mol. The third kappa shape index (κ3) is 3.76. The van der Waals surface area contributed by atoms with Crippen LogP contribution in [0.2, 0.25) is 0 Å². The summed E-state index contributed by atoms with van der Waals surface area (Å²) < 4.78 is 0. The van der Waals surface area contributed by atoms with Crippen molar-refractivity contribution in [1.82, 2.24) is 15.0 Å². The molecule has 3 heterocycles. The van der Waals surface area contributed by atoms with Gasteiger partial charge in [0.15, 0.2) is 0 Å². The summed E-state index contributed by atoms with van der Waals surface area (Å²) in [4.78, 5) is 30.0. The molecule has 4 aromatic rings. The van der Waals surface area contributed by atoms with E-state index in [2.05, 4.69) is 30.6 Å². The lowest BCUT2D eigenvalue weighted by Gasteiger charge is -2.10. The largest absolute Gasteiger partial charge is 0.324 e. The van der Waals surface area contributed by atoms with Crippen molar-refractivity contribution < 1.29 is 4.79 Å². The van der Waals surface area contributed by atoms with Gasteiger partial charge < -0.3 is 10.6 Å². The second-order valence-corrected chi connectivity index (χ2v) is 7.09. The van der Waals surface area contributed by atoms with Crippen molar-refractivity contribution in [3.63, 3.8) is 0 Å². The monoisotopic (exact) mass is 406 g/mol. The first-order valence-electron chi connectivity index (χ1n) is 9.78. The van der Waals surface area contributed by atoms with E-state index in [1.54, 1.807) is 18.6 Å². The van der Waals surface area contributed by atoms with E-state index in [9.17, 15) is 4.79 Å². The Morgan fingerprint density at radius 1 is 1.00 bits per heavy atom. The van der Waals surface area contributed by atoms with Crippen LogP contribution >= 0.6 is 0 Å². The van der Waals surface area contributed by atoms with Gasteiger partial charge in [0.25, 0.3) is 5.91 Å². The van der Waals surface area contributed by atoms with Crippen LogP contribution in [0, 0.1) is 6.92 Å². The maximum Gasteiger partial charge on any atom is 0.275 e. The van der Waals surface area contributed by atoms with Crippen molar-refractivity contribution in [1.29, 1.82) is 0 Å². The standard InChI is InChI=1S/C24H18N6O/c1-15-8-9-17(27-22-18-6-2-3-7-20(18)28-23(22)31)13-21(15)30-24-26-12-10-19(29-24)16-5-4-11-25-14-16/h2-14H,1H3,(H,26,29,30)(H,27,28,31). The van der Waals surface area contributed by atoms with Crippen LogP contribution in [0.3, 0.4) is 0 Å². The Kier molecular flexibility index (Phi) is 4.68. The van der Waals surface area contributed by atoms with Crippen molar-refractivity contribution in [3.8, 4) is 11.3 Å². The molecule has 2 aromatic heterocycles. The number of pyridine rings is 1. The normalized spacial score (nSPS) is 13.7. The molecule has 7 heteroatoms. The lowest BCUT2D eigenvalue weighted by molar-refractivity contribution is -0.110. The highest BCUT2D eigenvalue weighted by Crippen LogP contribution is 2.29. The molecule has 150 valence electrons. The number of carbonyl (C=O) groups excluding carboxylic acids is 1. The number of nitrogens with one attached hydrogen (secondary N) is 2. The second kappa shape index (κ2) is 7.79. The molecular weight excluding hydrogens is 388 g/mol. The van der Waals surface area contributed by atoms with Gasteiger partial charge in [0.05, 0.1) is 17.1 Å². The van der Waals surface area contributed by atoms with Crippen LogP contribution in [-0.2, 0) is 4.79 Å². The van der Waals surface area contributed by atoms with E-state index in [0.29, 0.717) is 17.3 Å². The summed E-state index contributed by atoms with van der Waals surface area (Å²) in [5.41, 5.74) is 6.16. The molecule has 2 aromatic carbocycles. The van der Waals surface area contributed by atoms with E-state index < -0.39 is 0 Å². The van der Waals surface area contributed by atoms with Gasteiger partial charge >= 0.3 is 0 Å². The Bertz CT molecular complexity index is 1320. The summed E-state index contributed by atoms with van der Waals surface area (Å²) >= 11 is 0. The van der Waals surface area contributed by atoms with E-state index in [4.69, 9.17) is 0 Å². The number of aryl methyl sites for hydroxylation is 1. The Morgan fingerprint density at radius 2 is 1.90 bits per heavy atom. The van der Waals surface area contributed by atoms with Gasteiger partial charge in [0, 0.05) is 35.4 Å². The number of rotatable bonds is 4. The number of fused-ring (bicyclic) bond motifs is 1. The van der Waals surface area contributed by atoms with E-state index >= 15 is 0 Å². The molecule has 0 spiro atoms. The fourth-order valence-electron chi connectivity index (χ4n) is 3.37. The number of amides is 1. The summed E-state index contributed by atoms with van der Waals surface area (Å²) in [5.74, 6) is 0.266. The Balaban J connectivity index is 1.46. The molecule has 31 heavy (non-hydrogen) atoms. The molecule has 0 unspecified atom stereocenters. The van der Waals surface area contributed by atoms with Gasteiger partial charge in [-0.25, -0.2) is 15.0 Å². The van der Waals surface area contributed by atoms with Gasteiger partial charge in [-0.15, -0.1) is 0 Å². The van der Waals surface area contributed by atoms with Crippen molar-refractivity contribution >= 4 is 34.6 Å². The summed E-state index contributed by atoms with van der Waals surface area (Å²) in [6.45, 7) is 1.99. The molecule has 0 atom stereocenters. The van der Waals surface area contributed by atoms with E-state index in [0.717, 1.165) is 33.8 Å². The SMILES string of the molecule is Cc1ccc(N=C2C(=O)Nc3ccccc32)cc1Nc1nccc(-c2cccnc2)n1. The zero-order valence-corrected chi connectivity index (χ0v) is 16.7. The van der Waals surface area contributed by atoms with E-state index in [1.807, 2.05) is 67.6 Å². The first kappa shape index (κ1) is 18.6. The number of anilines is 3. The predicted molar refractivity (Wildman–Crippen MR) is 121 cm³/mol. The molecule has 0 fully saturated rings. The number of para-hydroxylation sites is 1. The van der Waals surface area contributed by atoms with Crippen LogP contribution in [0.1, 0.15) is 11.1 Å². The zero-order chi connectivity index (χ0) is 21.2. The number of aliphatic imine (C=N–C) groups is 1. The van der Waals surface area contributed by atoms with Crippen LogP contribution in [0.25, 0.3) is 11.3 Å². The van der Waals surface area contributed by atoms with Gasteiger partial charge in [0.1, 0.15) is 5.71 Å². The summed E-state index contributed by atoms with van der Waals surface area (Å²) in [5, 5.41) is 6.11. The molecule has 1 amide bonds. The summed E-state index contributed by atoms with van der Waals surface area (Å²) in [6, 6.07) is 18.9. The highest BCUT2D eigenvalue weighted by Gasteiger charge is 2.25. The molecule has 7 nitrogen and oxygen atoms in total. The maximum absolute atomic E-state index is 12.4. The minimum absolute atomic E-state index is 0.205. The van der Waals surface area contributed by atoms with Gasteiger partial charge in [-0.3, -0.25) is 9.78 Å². The smallest absolute Gasteiger partial charge is 0.275 e. The highest BCUT2D eigenvalue weighted by molar-refractivity contribution is 6.54. The van der Waals surface area contributed by atoms with E-state index in [1.165, 1.54) is 0 Å². The number of aromatic nitrogens is 3. The van der Waals surface area contributed by atoms with Crippen LogP contribution < -0.4 is 10.6 Å². The number of carbonyl (C=O) groups is 1. The summed E-state index contributed by atoms with van der Waals surface area (Å²) in [7, 11) is 0. The number of hydrogen-bond acceptors (Lipinski definition) is 6. The molecule has 0 saturated carbocycles. The van der Waals surface area contributed by atoms with Crippen molar-refractivity contribution in [2.75, 3.05) is 10.6 Å². The van der Waals surface area contributed by atoms with Crippen molar-refractivity contribution in [3.05, 3.63) is 90.4 Å². The minimum Gasteiger partial charge on any atom is -0.324 e. The molecule has 2 N–H and O–H groups in total. The minimum atomic E-state index is -0.205. The number of benzene rings is 2. The first-order valence-corrected chi connectivity index (χ1v) is 9.78. The zero-order valence-electron chi connectivity index (χ0n) is 16.7. The van der Waals surface area contributed by atoms with Gasteiger partial charge in [0.2, 0.25) is 5.95 Å². The summed E-state index contributed by atoms with van der Waals surface area (Å²) in [6.07, 6.45) is 5.19. The van der Waals surface area contributed by atoms with E-state index in [-0.39, 0.29) is 5.91 Å².